The molecule has 1 unspecified atom stereocenters. The third kappa shape index (κ3) is 5.42. The molecule has 2 fully saturated rings. The van der Waals surface area contributed by atoms with Gasteiger partial charge in [0.1, 0.15) is 0 Å². The second kappa shape index (κ2) is 8.52. The van der Waals surface area contributed by atoms with Crippen LogP contribution < -0.4 is 0 Å². The Morgan fingerprint density at radius 1 is 0.964 bits per heavy atom. The van der Waals surface area contributed by atoms with E-state index in [0.29, 0.717) is 10.8 Å². The van der Waals surface area contributed by atoms with Crippen molar-refractivity contribution in [3.05, 3.63) is 41.5 Å². The van der Waals surface area contributed by atoms with Crippen LogP contribution in [-0.4, -0.2) is 24.5 Å². The molecule has 1 heterocycles. The van der Waals surface area contributed by atoms with Crippen LogP contribution in [0.3, 0.4) is 0 Å². The molecule has 3 aliphatic rings. The molecule has 0 aromatic heterocycles. The number of hydrogen-bond acceptors (Lipinski definition) is 1. The molecule has 28 heavy (non-hydrogen) atoms. The molecule has 0 spiro atoms. The first-order valence-corrected chi connectivity index (χ1v) is 11.3. The number of hydrogen-bond donors (Lipinski definition) is 0. The minimum absolute atomic E-state index is 0. The van der Waals surface area contributed by atoms with Crippen molar-refractivity contribution in [1.29, 1.82) is 0 Å². The van der Waals surface area contributed by atoms with Gasteiger partial charge in [-0.05, 0) is 97.4 Å². The molecule has 1 aromatic carbocycles. The lowest BCUT2D eigenvalue weighted by atomic mass is 9.65. The summed E-state index contributed by atoms with van der Waals surface area (Å²) in [6, 6.07) is 9.37. The molecule has 1 saturated carbocycles. The van der Waals surface area contributed by atoms with Gasteiger partial charge in [0.2, 0.25) is 0 Å². The van der Waals surface area contributed by atoms with Gasteiger partial charge < -0.3 is 4.90 Å². The predicted octanol–water partition coefficient (Wildman–Crippen LogP) is 7.32. The van der Waals surface area contributed by atoms with Gasteiger partial charge in [-0.15, -0.1) is 12.4 Å². The maximum absolute atomic E-state index is 2.76. The van der Waals surface area contributed by atoms with Crippen molar-refractivity contribution in [3.8, 4) is 0 Å². The lowest BCUT2D eigenvalue weighted by Crippen LogP contribution is -2.27. The standard InChI is InChI=1S/C26H39N.ClH/c1-25(2)16-22(17-26(3,4)19-25)24-10-6-5-9-23(24)21-8-7-14-27(15-13-21)18-20-11-12-20;/h5-6,9-10,16,20-21H,7-8,11-15,17-19H2,1-4H3;1H. The maximum Gasteiger partial charge on any atom is 0.000966 e. The summed E-state index contributed by atoms with van der Waals surface area (Å²) in [6.45, 7) is 13.7. The zero-order valence-electron chi connectivity index (χ0n) is 18.5. The van der Waals surface area contributed by atoms with Crippen molar-refractivity contribution >= 4 is 18.0 Å². The summed E-state index contributed by atoms with van der Waals surface area (Å²) >= 11 is 0. The average Bonchev–Trinajstić information content (AvgIpc) is 3.40. The minimum Gasteiger partial charge on any atom is -0.303 e. The SMILES string of the molecule is CC1(C)C=C(c2ccccc2C2CCCN(CC3CC3)CC2)CC(C)(C)C1.Cl. The second-order valence-electron chi connectivity index (χ2n) is 11.1. The van der Waals surface area contributed by atoms with Crippen molar-refractivity contribution in [1.82, 2.24) is 4.90 Å². The van der Waals surface area contributed by atoms with Crippen molar-refractivity contribution < 1.29 is 0 Å². The molecule has 1 aromatic rings. The van der Waals surface area contributed by atoms with Crippen LogP contribution in [0.2, 0.25) is 0 Å². The molecule has 156 valence electrons. The quantitative estimate of drug-likeness (QED) is 0.510. The fraction of sp³-hybridized carbons (Fsp3) is 0.692. The average molecular weight is 402 g/mol. The normalized spacial score (nSPS) is 27.4. The molecule has 2 aliphatic carbocycles. The summed E-state index contributed by atoms with van der Waals surface area (Å²) in [5.41, 5.74) is 5.48. The number of likely N-dealkylation sites (tertiary alicyclic amines) is 1. The van der Waals surface area contributed by atoms with Crippen LogP contribution in [0.4, 0.5) is 0 Å². The van der Waals surface area contributed by atoms with Gasteiger partial charge in [-0.3, -0.25) is 0 Å². The van der Waals surface area contributed by atoms with E-state index in [1.54, 1.807) is 16.7 Å². The molecule has 2 heteroatoms. The Morgan fingerprint density at radius 2 is 1.71 bits per heavy atom. The largest absolute Gasteiger partial charge is 0.303 e. The Balaban J connectivity index is 0.00000225. The monoisotopic (exact) mass is 401 g/mol. The Bertz CT molecular complexity index is 698. The highest BCUT2D eigenvalue weighted by Crippen LogP contribution is 2.48. The van der Waals surface area contributed by atoms with E-state index in [-0.39, 0.29) is 12.4 Å². The van der Waals surface area contributed by atoms with E-state index in [4.69, 9.17) is 0 Å². The number of rotatable bonds is 4. The molecular weight excluding hydrogens is 362 g/mol. The van der Waals surface area contributed by atoms with Crippen LogP contribution in [0.25, 0.3) is 5.57 Å². The van der Waals surface area contributed by atoms with Gasteiger partial charge in [-0.2, -0.15) is 0 Å². The summed E-state index contributed by atoms with van der Waals surface area (Å²) in [7, 11) is 0. The van der Waals surface area contributed by atoms with Crippen molar-refractivity contribution in [2.24, 2.45) is 16.7 Å². The van der Waals surface area contributed by atoms with E-state index in [9.17, 15) is 0 Å². The molecule has 1 saturated heterocycles. The molecule has 1 atom stereocenters. The maximum atomic E-state index is 2.76. The summed E-state index contributed by atoms with van der Waals surface area (Å²) < 4.78 is 0. The van der Waals surface area contributed by atoms with Gasteiger partial charge in [-0.25, -0.2) is 0 Å². The highest BCUT2D eigenvalue weighted by atomic mass is 35.5. The van der Waals surface area contributed by atoms with Gasteiger partial charge in [0, 0.05) is 6.54 Å². The zero-order chi connectivity index (χ0) is 19.1. The summed E-state index contributed by atoms with van der Waals surface area (Å²) in [5, 5.41) is 0. The van der Waals surface area contributed by atoms with E-state index in [1.165, 1.54) is 64.6 Å². The van der Waals surface area contributed by atoms with Crippen molar-refractivity contribution in [2.45, 2.75) is 78.6 Å². The van der Waals surface area contributed by atoms with E-state index < -0.39 is 0 Å². The molecule has 0 amide bonds. The Morgan fingerprint density at radius 3 is 2.43 bits per heavy atom. The van der Waals surface area contributed by atoms with Crippen molar-refractivity contribution in [2.75, 3.05) is 19.6 Å². The van der Waals surface area contributed by atoms with Gasteiger partial charge in [0.15, 0.2) is 0 Å². The highest BCUT2D eigenvalue weighted by Gasteiger charge is 2.34. The molecule has 1 nitrogen and oxygen atoms in total. The van der Waals surface area contributed by atoms with Crippen molar-refractivity contribution in [3.63, 3.8) is 0 Å². The summed E-state index contributed by atoms with van der Waals surface area (Å²) in [4.78, 5) is 2.76. The number of allylic oxidation sites excluding steroid dienone is 2. The first-order chi connectivity index (χ1) is 12.8. The Labute approximate surface area is 179 Å². The Kier molecular flexibility index (Phi) is 6.67. The Hall–Kier alpha value is -0.790. The summed E-state index contributed by atoms with van der Waals surface area (Å²) in [6.07, 6.45) is 12.1. The van der Waals surface area contributed by atoms with Crippen LogP contribution in [0.5, 0.6) is 0 Å². The minimum atomic E-state index is 0. The van der Waals surface area contributed by atoms with Gasteiger partial charge in [-0.1, -0.05) is 58.0 Å². The zero-order valence-corrected chi connectivity index (χ0v) is 19.3. The van der Waals surface area contributed by atoms with E-state index in [0.717, 1.165) is 11.8 Å². The van der Waals surface area contributed by atoms with Crippen LogP contribution in [-0.2, 0) is 0 Å². The van der Waals surface area contributed by atoms with Crippen LogP contribution in [0.1, 0.15) is 89.7 Å². The smallest absolute Gasteiger partial charge is 0.000966 e. The highest BCUT2D eigenvalue weighted by molar-refractivity contribution is 5.85. The molecule has 0 bridgehead atoms. The van der Waals surface area contributed by atoms with Crippen LogP contribution >= 0.6 is 12.4 Å². The molecule has 0 N–H and O–H groups in total. The van der Waals surface area contributed by atoms with Crippen LogP contribution in [0, 0.1) is 16.7 Å². The number of benzene rings is 1. The summed E-state index contributed by atoms with van der Waals surface area (Å²) in [5.74, 6) is 1.75. The van der Waals surface area contributed by atoms with Gasteiger partial charge >= 0.3 is 0 Å². The van der Waals surface area contributed by atoms with E-state index >= 15 is 0 Å². The molecule has 1 aliphatic heterocycles. The number of nitrogens with zero attached hydrogens (tertiary/aromatic N) is 1. The fourth-order valence-electron chi connectivity index (χ4n) is 6.02. The second-order valence-corrected chi connectivity index (χ2v) is 11.1. The lowest BCUT2D eigenvalue weighted by Gasteiger charge is -2.40. The van der Waals surface area contributed by atoms with Gasteiger partial charge in [0.05, 0.1) is 0 Å². The fourth-order valence-corrected chi connectivity index (χ4v) is 6.02. The predicted molar refractivity (Wildman–Crippen MR) is 124 cm³/mol. The topological polar surface area (TPSA) is 3.24 Å². The third-order valence-electron chi connectivity index (χ3n) is 6.95. The molecule has 0 radical (unpaired) electrons. The third-order valence-corrected chi connectivity index (χ3v) is 6.95. The lowest BCUT2D eigenvalue weighted by molar-refractivity contribution is 0.228. The number of halogens is 1. The van der Waals surface area contributed by atoms with Crippen LogP contribution in [0.15, 0.2) is 30.3 Å². The molecule has 4 rings (SSSR count). The van der Waals surface area contributed by atoms with E-state index in [1.807, 2.05) is 0 Å². The van der Waals surface area contributed by atoms with E-state index in [2.05, 4.69) is 62.9 Å². The van der Waals surface area contributed by atoms with Gasteiger partial charge in [0.25, 0.3) is 0 Å². The molecular formula is C26H40ClN. The first-order valence-electron chi connectivity index (χ1n) is 11.3. The first kappa shape index (κ1) is 21.9.